The molecule has 18 heavy (non-hydrogen) atoms. The van der Waals surface area contributed by atoms with Crippen molar-refractivity contribution in [1.82, 2.24) is 4.90 Å². The fourth-order valence-electron chi connectivity index (χ4n) is 1.80. The van der Waals surface area contributed by atoms with Crippen LogP contribution in [-0.4, -0.2) is 36.2 Å². The Hall–Kier alpha value is -0.770. The summed E-state index contributed by atoms with van der Waals surface area (Å²) in [6.07, 6.45) is -0.577. The van der Waals surface area contributed by atoms with Crippen LogP contribution in [0.1, 0.15) is 32.4 Å². The van der Waals surface area contributed by atoms with Crippen LogP contribution in [0.3, 0.4) is 0 Å². The van der Waals surface area contributed by atoms with Gasteiger partial charge in [-0.1, -0.05) is 25.4 Å². The minimum absolute atomic E-state index is 0.577. The minimum Gasteiger partial charge on any atom is -0.492 e. The fourth-order valence-corrected chi connectivity index (χ4v) is 1.98. The van der Waals surface area contributed by atoms with E-state index in [0.29, 0.717) is 17.4 Å². The lowest BCUT2D eigenvalue weighted by Crippen LogP contribution is -2.28. The average Bonchev–Trinajstić information content (AvgIpc) is 2.36. The highest BCUT2D eigenvalue weighted by atomic mass is 35.5. The van der Waals surface area contributed by atoms with Gasteiger partial charge in [-0.05, 0) is 38.2 Å². The van der Waals surface area contributed by atoms with Gasteiger partial charge in [0.15, 0.2) is 0 Å². The molecule has 1 aromatic rings. The molecule has 0 aliphatic heterocycles. The molecule has 1 aromatic carbocycles. The van der Waals surface area contributed by atoms with Crippen LogP contribution in [0.2, 0.25) is 5.02 Å². The standard InChI is InChI=1S/C14H22ClNO2/c1-4-16(5-2)8-9-18-14-7-6-12(15)10-13(14)11(3)17/h6-7,10-11,17H,4-5,8-9H2,1-3H3. The quantitative estimate of drug-likeness (QED) is 0.827. The number of hydrogen-bond acceptors (Lipinski definition) is 3. The van der Waals surface area contributed by atoms with E-state index in [0.717, 1.165) is 25.2 Å². The number of ether oxygens (including phenoxy) is 1. The van der Waals surface area contributed by atoms with Gasteiger partial charge < -0.3 is 14.7 Å². The summed E-state index contributed by atoms with van der Waals surface area (Å²) in [6.45, 7) is 9.51. The second-order valence-electron chi connectivity index (χ2n) is 4.23. The van der Waals surface area contributed by atoms with Crippen molar-refractivity contribution >= 4 is 11.6 Å². The summed E-state index contributed by atoms with van der Waals surface area (Å²) >= 11 is 5.92. The van der Waals surface area contributed by atoms with Crippen molar-refractivity contribution in [2.24, 2.45) is 0 Å². The molecule has 4 heteroatoms. The Bertz CT molecular complexity index is 365. The number of likely N-dealkylation sites (N-methyl/N-ethyl adjacent to an activating group) is 1. The number of aliphatic hydroxyl groups excluding tert-OH is 1. The van der Waals surface area contributed by atoms with E-state index in [9.17, 15) is 5.11 Å². The molecule has 0 amide bonds. The van der Waals surface area contributed by atoms with Crippen molar-refractivity contribution in [3.8, 4) is 5.75 Å². The van der Waals surface area contributed by atoms with Gasteiger partial charge in [-0.15, -0.1) is 0 Å². The smallest absolute Gasteiger partial charge is 0.125 e. The third kappa shape index (κ3) is 4.48. The number of halogens is 1. The molecule has 3 nitrogen and oxygen atoms in total. The van der Waals surface area contributed by atoms with Crippen LogP contribution in [0, 0.1) is 0 Å². The Morgan fingerprint density at radius 1 is 1.33 bits per heavy atom. The maximum atomic E-state index is 9.68. The molecule has 1 rings (SSSR count). The highest BCUT2D eigenvalue weighted by Gasteiger charge is 2.10. The Morgan fingerprint density at radius 3 is 2.56 bits per heavy atom. The van der Waals surface area contributed by atoms with Crippen LogP contribution in [0.4, 0.5) is 0 Å². The van der Waals surface area contributed by atoms with Gasteiger partial charge in [-0.2, -0.15) is 0 Å². The maximum Gasteiger partial charge on any atom is 0.125 e. The second kappa shape index (κ2) is 7.62. The molecular formula is C14H22ClNO2. The van der Waals surface area contributed by atoms with Gasteiger partial charge in [-0.25, -0.2) is 0 Å². The number of aliphatic hydroxyl groups is 1. The zero-order valence-corrected chi connectivity index (χ0v) is 12.1. The topological polar surface area (TPSA) is 32.7 Å². The summed E-state index contributed by atoms with van der Waals surface area (Å²) in [5.74, 6) is 0.710. The Labute approximate surface area is 114 Å². The lowest BCUT2D eigenvalue weighted by Gasteiger charge is -2.19. The molecular weight excluding hydrogens is 250 g/mol. The van der Waals surface area contributed by atoms with Crippen molar-refractivity contribution in [1.29, 1.82) is 0 Å². The van der Waals surface area contributed by atoms with Gasteiger partial charge in [0, 0.05) is 17.1 Å². The van der Waals surface area contributed by atoms with E-state index < -0.39 is 6.10 Å². The second-order valence-corrected chi connectivity index (χ2v) is 4.67. The van der Waals surface area contributed by atoms with E-state index in [1.54, 1.807) is 19.1 Å². The Morgan fingerprint density at radius 2 is 2.00 bits per heavy atom. The first-order chi connectivity index (χ1) is 8.58. The number of benzene rings is 1. The predicted molar refractivity (Wildman–Crippen MR) is 75.4 cm³/mol. The van der Waals surface area contributed by atoms with Crippen molar-refractivity contribution in [3.05, 3.63) is 28.8 Å². The first kappa shape index (κ1) is 15.3. The summed E-state index contributed by atoms with van der Waals surface area (Å²) in [4.78, 5) is 2.29. The van der Waals surface area contributed by atoms with Crippen LogP contribution in [-0.2, 0) is 0 Å². The summed E-state index contributed by atoms with van der Waals surface area (Å²) in [7, 11) is 0. The molecule has 1 N–H and O–H groups in total. The van der Waals surface area contributed by atoms with E-state index in [-0.39, 0.29) is 0 Å². The van der Waals surface area contributed by atoms with Crippen LogP contribution < -0.4 is 4.74 Å². The highest BCUT2D eigenvalue weighted by molar-refractivity contribution is 6.30. The van der Waals surface area contributed by atoms with E-state index in [2.05, 4.69) is 18.7 Å². The largest absolute Gasteiger partial charge is 0.492 e. The first-order valence-electron chi connectivity index (χ1n) is 6.41. The zero-order chi connectivity index (χ0) is 13.5. The summed E-state index contributed by atoms with van der Waals surface area (Å²) in [5.41, 5.74) is 0.738. The van der Waals surface area contributed by atoms with Crippen molar-refractivity contribution < 1.29 is 9.84 Å². The van der Waals surface area contributed by atoms with Crippen LogP contribution >= 0.6 is 11.6 Å². The van der Waals surface area contributed by atoms with Crippen LogP contribution in [0.15, 0.2) is 18.2 Å². The van der Waals surface area contributed by atoms with Gasteiger partial charge in [0.05, 0.1) is 6.10 Å². The first-order valence-corrected chi connectivity index (χ1v) is 6.78. The summed E-state index contributed by atoms with van der Waals surface area (Å²) in [6, 6.07) is 5.34. The van der Waals surface area contributed by atoms with Crippen molar-refractivity contribution in [2.75, 3.05) is 26.2 Å². The van der Waals surface area contributed by atoms with E-state index in [4.69, 9.17) is 16.3 Å². The van der Waals surface area contributed by atoms with Gasteiger partial charge >= 0.3 is 0 Å². The van der Waals surface area contributed by atoms with Crippen LogP contribution in [0.25, 0.3) is 0 Å². The van der Waals surface area contributed by atoms with Crippen LogP contribution in [0.5, 0.6) is 5.75 Å². The lowest BCUT2D eigenvalue weighted by molar-refractivity contribution is 0.184. The molecule has 0 fully saturated rings. The third-order valence-electron chi connectivity index (χ3n) is 2.98. The van der Waals surface area contributed by atoms with Crippen molar-refractivity contribution in [3.63, 3.8) is 0 Å². The van der Waals surface area contributed by atoms with E-state index in [1.807, 2.05) is 6.07 Å². The molecule has 0 radical (unpaired) electrons. The summed E-state index contributed by atoms with van der Waals surface area (Å²) in [5, 5.41) is 10.3. The Balaban J connectivity index is 2.61. The van der Waals surface area contributed by atoms with Crippen molar-refractivity contribution in [2.45, 2.75) is 26.9 Å². The van der Waals surface area contributed by atoms with Gasteiger partial charge in [0.2, 0.25) is 0 Å². The van der Waals surface area contributed by atoms with E-state index in [1.165, 1.54) is 0 Å². The third-order valence-corrected chi connectivity index (χ3v) is 3.22. The molecule has 0 aliphatic carbocycles. The molecule has 1 unspecified atom stereocenters. The van der Waals surface area contributed by atoms with Gasteiger partial charge in [-0.3, -0.25) is 0 Å². The highest BCUT2D eigenvalue weighted by Crippen LogP contribution is 2.28. The molecule has 0 aliphatic rings. The molecule has 0 saturated heterocycles. The number of hydrogen-bond donors (Lipinski definition) is 1. The molecule has 0 spiro atoms. The lowest BCUT2D eigenvalue weighted by atomic mass is 10.1. The normalized spacial score (nSPS) is 12.8. The van der Waals surface area contributed by atoms with Gasteiger partial charge in [0.25, 0.3) is 0 Å². The molecule has 102 valence electrons. The fraction of sp³-hybridized carbons (Fsp3) is 0.571. The zero-order valence-electron chi connectivity index (χ0n) is 11.3. The Kier molecular flexibility index (Phi) is 6.47. The maximum absolute atomic E-state index is 9.68. The molecule has 0 saturated carbocycles. The van der Waals surface area contributed by atoms with E-state index >= 15 is 0 Å². The predicted octanol–water partition coefficient (Wildman–Crippen LogP) is 3.11. The minimum atomic E-state index is -0.577. The molecule has 0 heterocycles. The SMILES string of the molecule is CCN(CC)CCOc1ccc(Cl)cc1C(C)O. The average molecular weight is 272 g/mol. The summed E-state index contributed by atoms with van der Waals surface area (Å²) < 4.78 is 5.73. The molecule has 1 atom stereocenters. The molecule has 0 bridgehead atoms. The molecule has 0 aromatic heterocycles. The monoisotopic (exact) mass is 271 g/mol. The number of rotatable bonds is 7. The van der Waals surface area contributed by atoms with Gasteiger partial charge in [0.1, 0.15) is 12.4 Å². The number of nitrogens with zero attached hydrogens (tertiary/aromatic N) is 1.